The standard InChI is InChI=1S/C13H10N6O5/c1-7-8(13-15-6-10(17(13)2)18(20)21)5-14-12(16-7)9-3-4-11(24-9)19(22)23/h3-6H,1-2H3. The average Bonchev–Trinajstić information content (AvgIpc) is 3.14. The predicted molar refractivity (Wildman–Crippen MR) is 80.0 cm³/mol. The number of hydrogen-bond donors (Lipinski definition) is 0. The summed E-state index contributed by atoms with van der Waals surface area (Å²) < 4.78 is 6.38. The van der Waals surface area contributed by atoms with Gasteiger partial charge in [0.05, 0.1) is 24.4 Å². The molecule has 24 heavy (non-hydrogen) atoms. The van der Waals surface area contributed by atoms with E-state index in [1.807, 2.05) is 0 Å². The molecule has 0 spiro atoms. The summed E-state index contributed by atoms with van der Waals surface area (Å²) in [4.78, 5) is 32.7. The number of nitrogens with zero attached hydrogens (tertiary/aromatic N) is 6. The van der Waals surface area contributed by atoms with Crippen LogP contribution in [0.1, 0.15) is 5.69 Å². The van der Waals surface area contributed by atoms with E-state index in [-0.39, 0.29) is 17.4 Å². The third-order valence-electron chi connectivity index (χ3n) is 3.36. The third-order valence-corrected chi connectivity index (χ3v) is 3.36. The molecule has 11 nitrogen and oxygen atoms in total. The lowest BCUT2D eigenvalue weighted by Crippen LogP contribution is -2.02. The first-order valence-electron chi connectivity index (χ1n) is 6.63. The number of rotatable bonds is 4. The van der Waals surface area contributed by atoms with Gasteiger partial charge in [-0.1, -0.05) is 0 Å². The van der Waals surface area contributed by atoms with E-state index in [2.05, 4.69) is 15.0 Å². The van der Waals surface area contributed by atoms with Crippen LogP contribution in [0, 0.1) is 27.2 Å². The van der Waals surface area contributed by atoms with Gasteiger partial charge in [-0.2, -0.15) is 0 Å². The maximum Gasteiger partial charge on any atom is 0.433 e. The quantitative estimate of drug-likeness (QED) is 0.523. The molecule has 122 valence electrons. The highest BCUT2D eigenvalue weighted by molar-refractivity contribution is 5.61. The number of furan rings is 1. The van der Waals surface area contributed by atoms with Gasteiger partial charge in [-0.05, 0) is 17.9 Å². The van der Waals surface area contributed by atoms with Gasteiger partial charge >= 0.3 is 11.7 Å². The molecule has 0 fully saturated rings. The summed E-state index contributed by atoms with van der Waals surface area (Å²) in [5, 5.41) is 21.5. The minimum Gasteiger partial charge on any atom is -0.397 e. The van der Waals surface area contributed by atoms with Crippen LogP contribution in [0.3, 0.4) is 0 Å². The van der Waals surface area contributed by atoms with Gasteiger partial charge in [0, 0.05) is 6.20 Å². The summed E-state index contributed by atoms with van der Waals surface area (Å²) in [5.74, 6) is 0.108. The average molecular weight is 330 g/mol. The summed E-state index contributed by atoms with van der Waals surface area (Å²) in [7, 11) is 1.52. The first-order valence-corrected chi connectivity index (χ1v) is 6.63. The van der Waals surface area contributed by atoms with E-state index in [1.165, 1.54) is 29.9 Å². The van der Waals surface area contributed by atoms with Crippen molar-refractivity contribution in [3.05, 3.63) is 50.4 Å². The molecule has 0 bridgehead atoms. The van der Waals surface area contributed by atoms with Crippen molar-refractivity contribution in [2.75, 3.05) is 0 Å². The highest BCUT2D eigenvalue weighted by atomic mass is 16.6. The zero-order chi connectivity index (χ0) is 17.4. The molecule has 0 aliphatic carbocycles. The van der Waals surface area contributed by atoms with E-state index in [4.69, 9.17) is 4.42 Å². The Morgan fingerprint density at radius 3 is 2.42 bits per heavy atom. The fourth-order valence-corrected chi connectivity index (χ4v) is 2.17. The third kappa shape index (κ3) is 2.47. The van der Waals surface area contributed by atoms with Crippen LogP contribution >= 0.6 is 0 Å². The second-order valence-corrected chi connectivity index (χ2v) is 4.84. The Kier molecular flexibility index (Phi) is 3.52. The van der Waals surface area contributed by atoms with Gasteiger partial charge in [0.15, 0.2) is 11.6 Å². The first-order chi connectivity index (χ1) is 11.4. The second-order valence-electron chi connectivity index (χ2n) is 4.84. The summed E-state index contributed by atoms with van der Waals surface area (Å²) >= 11 is 0. The van der Waals surface area contributed by atoms with Gasteiger partial charge in [0.1, 0.15) is 11.1 Å². The molecule has 3 heterocycles. The molecule has 0 aliphatic rings. The van der Waals surface area contributed by atoms with Crippen molar-refractivity contribution in [3.63, 3.8) is 0 Å². The van der Waals surface area contributed by atoms with Crippen molar-refractivity contribution in [2.45, 2.75) is 6.92 Å². The van der Waals surface area contributed by atoms with Crippen molar-refractivity contribution in [3.8, 4) is 23.0 Å². The fourth-order valence-electron chi connectivity index (χ4n) is 2.17. The van der Waals surface area contributed by atoms with Crippen molar-refractivity contribution >= 4 is 11.7 Å². The Balaban J connectivity index is 2.01. The van der Waals surface area contributed by atoms with E-state index < -0.39 is 15.7 Å². The summed E-state index contributed by atoms with van der Waals surface area (Å²) in [5.41, 5.74) is 1.01. The Bertz CT molecular complexity index is 960. The number of aromatic nitrogens is 4. The Hall–Kier alpha value is -3.63. The number of aryl methyl sites for hydroxylation is 1. The number of hydrogen-bond acceptors (Lipinski definition) is 8. The molecular weight excluding hydrogens is 320 g/mol. The molecular formula is C13H10N6O5. The van der Waals surface area contributed by atoms with Crippen molar-refractivity contribution in [2.24, 2.45) is 7.05 Å². The van der Waals surface area contributed by atoms with Gasteiger partial charge in [-0.15, -0.1) is 0 Å². The molecule has 11 heteroatoms. The molecule has 3 aromatic rings. The van der Waals surface area contributed by atoms with Gasteiger partial charge in [-0.3, -0.25) is 10.1 Å². The zero-order valence-corrected chi connectivity index (χ0v) is 12.5. The molecule has 0 radical (unpaired) electrons. The molecule has 0 aliphatic heterocycles. The molecule has 0 saturated heterocycles. The lowest BCUT2D eigenvalue weighted by molar-refractivity contribution is -0.401. The van der Waals surface area contributed by atoms with Crippen LogP contribution in [0.25, 0.3) is 23.0 Å². The highest BCUT2D eigenvalue weighted by Gasteiger charge is 2.22. The molecule has 3 rings (SSSR count). The van der Waals surface area contributed by atoms with Crippen LogP contribution in [-0.4, -0.2) is 29.4 Å². The molecule has 0 saturated carbocycles. The molecule has 0 amide bonds. The van der Waals surface area contributed by atoms with Gasteiger partial charge in [0.25, 0.3) is 0 Å². The maximum absolute atomic E-state index is 10.9. The van der Waals surface area contributed by atoms with Crippen LogP contribution in [-0.2, 0) is 7.05 Å². The van der Waals surface area contributed by atoms with Crippen LogP contribution in [0.15, 0.2) is 28.9 Å². The second kappa shape index (κ2) is 5.53. The van der Waals surface area contributed by atoms with E-state index in [0.717, 1.165) is 6.20 Å². The number of nitro groups is 2. The van der Waals surface area contributed by atoms with Gasteiger partial charge in [-0.25, -0.2) is 19.5 Å². The Labute approximate surface area is 133 Å². The SMILES string of the molecule is Cc1nc(-c2ccc([N+](=O)[O-])o2)ncc1-c1ncc([N+](=O)[O-])n1C. The predicted octanol–water partition coefficient (Wildman–Crippen LogP) is 2.26. The summed E-state index contributed by atoms with van der Waals surface area (Å²) in [6.07, 6.45) is 2.59. The van der Waals surface area contributed by atoms with E-state index in [1.54, 1.807) is 6.92 Å². The Morgan fingerprint density at radius 1 is 1.12 bits per heavy atom. The van der Waals surface area contributed by atoms with Gasteiger partial charge in [0.2, 0.25) is 5.82 Å². The number of imidazole rings is 1. The lowest BCUT2D eigenvalue weighted by Gasteiger charge is -2.03. The van der Waals surface area contributed by atoms with E-state index >= 15 is 0 Å². The van der Waals surface area contributed by atoms with Gasteiger partial charge < -0.3 is 14.5 Å². The molecule has 3 aromatic heterocycles. The fraction of sp³-hybridized carbons (Fsp3) is 0.154. The minimum atomic E-state index is -0.655. The maximum atomic E-state index is 10.9. The summed E-state index contributed by atoms with van der Waals surface area (Å²) in [6, 6.07) is 2.61. The largest absolute Gasteiger partial charge is 0.433 e. The van der Waals surface area contributed by atoms with Crippen LogP contribution < -0.4 is 0 Å². The van der Waals surface area contributed by atoms with E-state index in [9.17, 15) is 20.2 Å². The van der Waals surface area contributed by atoms with Crippen molar-refractivity contribution in [1.29, 1.82) is 0 Å². The smallest absolute Gasteiger partial charge is 0.397 e. The molecule has 0 unspecified atom stereocenters. The van der Waals surface area contributed by atoms with Crippen molar-refractivity contribution in [1.82, 2.24) is 19.5 Å². The Morgan fingerprint density at radius 2 is 1.88 bits per heavy atom. The molecule has 0 aromatic carbocycles. The van der Waals surface area contributed by atoms with Crippen LogP contribution in [0.4, 0.5) is 11.7 Å². The van der Waals surface area contributed by atoms with Crippen LogP contribution in [0.5, 0.6) is 0 Å². The monoisotopic (exact) mass is 330 g/mol. The van der Waals surface area contributed by atoms with E-state index in [0.29, 0.717) is 17.1 Å². The first kappa shape index (κ1) is 15.3. The topological polar surface area (TPSA) is 143 Å². The minimum absolute atomic E-state index is 0.155. The summed E-state index contributed by atoms with van der Waals surface area (Å²) in [6.45, 7) is 1.68. The normalized spacial score (nSPS) is 10.8. The zero-order valence-electron chi connectivity index (χ0n) is 12.5. The van der Waals surface area contributed by atoms with Crippen LogP contribution in [0.2, 0.25) is 0 Å². The van der Waals surface area contributed by atoms with Crippen molar-refractivity contribution < 1.29 is 14.3 Å². The molecule has 0 N–H and O–H groups in total. The highest BCUT2D eigenvalue weighted by Crippen LogP contribution is 2.27. The lowest BCUT2D eigenvalue weighted by atomic mass is 10.2. The molecule has 0 atom stereocenters.